The maximum absolute atomic E-state index is 12.3. The van der Waals surface area contributed by atoms with E-state index in [0.29, 0.717) is 23.5 Å². The average Bonchev–Trinajstić information content (AvgIpc) is 2.55. The Balaban J connectivity index is 1.59. The van der Waals surface area contributed by atoms with Gasteiger partial charge in [-0.15, -0.1) is 0 Å². The fourth-order valence-corrected chi connectivity index (χ4v) is 2.54. The van der Waals surface area contributed by atoms with E-state index in [0.717, 1.165) is 32.8 Å². The number of morpholine rings is 1. The average molecular weight is 305 g/mol. The van der Waals surface area contributed by atoms with Gasteiger partial charge in [0.25, 0.3) is 11.8 Å². The van der Waals surface area contributed by atoms with Crippen LogP contribution in [-0.4, -0.2) is 62.7 Å². The number of rotatable bonds is 4. The lowest BCUT2D eigenvalue weighted by molar-refractivity contribution is -0.118. The van der Waals surface area contributed by atoms with E-state index in [1.165, 1.54) is 0 Å². The molecule has 3 rings (SSSR count). The molecule has 7 nitrogen and oxygen atoms in total. The van der Waals surface area contributed by atoms with Crippen molar-refractivity contribution in [1.29, 1.82) is 0 Å². The number of fused-ring (bicyclic) bond motifs is 1. The smallest absolute Gasteiger partial charge is 0.262 e. The zero-order valence-corrected chi connectivity index (χ0v) is 12.3. The highest BCUT2D eigenvalue weighted by molar-refractivity contribution is 6.06. The molecule has 0 aliphatic carbocycles. The highest BCUT2D eigenvalue weighted by atomic mass is 16.5. The zero-order valence-electron chi connectivity index (χ0n) is 12.3. The lowest BCUT2D eigenvalue weighted by Crippen LogP contribution is -2.41. The molecule has 0 saturated carbocycles. The van der Waals surface area contributed by atoms with Gasteiger partial charge in [0.2, 0.25) is 0 Å². The molecule has 2 heterocycles. The van der Waals surface area contributed by atoms with Gasteiger partial charge in [-0.05, 0) is 12.1 Å². The third kappa shape index (κ3) is 3.37. The molecule has 2 N–H and O–H groups in total. The van der Waals surface area contributed by atoms with Crippen molar-refractivity contribution in [3.8, 4) is 5.75 Å². The van der Waals surface area contributed by atoms with Crippen LogP contribution in [0.3, 0.4) is 0 Å². The van der Waals surface area contributed by atoms with Crippen molar-refractivity contribution in [2.75, 3.05) is 51.3 Å². The van der Waals surface area contributed by atoms with Gasteiger partial charge in [0, 0.05) is 26.2 Å². The van der Waals surface area contributed by atoms with Crippen molar-refractivity contribution in [2.45, 2.75) is 0 Å². The normalized spacial score (nSPS) is 18.1. The van der Waals surface area contributed by atoms with Crippen molar-refractivity contribution in [3.05, 3.63) is 23.8 Å². The predicted octanol–water partition coefficient (Wildman–Crippen LogP) is 0.0795. The lowest BCUT2D eigenvalue weighted by Gasteiger charge is -2.26. The van der Waals surface area contributed by atoms with E-state index in [2.05, 4.69) is 15.5 Å². The molecule has 1 fully saturated rings. The molecule has 1 saturated heterocycles. The Kier molecular flexibility index (Phi) is 4.55. The molecule has 7 heteroatoms. The molecule has 0 aromatic heterocycles. The summed E-state index contributed by atoms with van der Waals surface area (Å²) in [6, 6.07) is 5.16. The predicted molar refractivity (Wildman–Crippen MR) is 80.2 cm³/mol. The number of para-hydroxylation sites is 1. The number of carbonyl (C=O) groups excluding carboxylic acids is 2. The third-order valence-electron chi connectivity index (χ3n) is 3.71. The van der Waals surface area contributed by atoms with E-state index >= 15 is 0 Å². The van der Waals surface area contributed by atoms with Gasteiger partial charge in [-0.1, -0.05) is 6.07 Å². The third-order valence-corrected chi connectivity index (χ3v) is 3.71. The maximum Gasteiger partial charge on any atom is 0.262 e. The summed E-state index contributed by atoms with van der Waals surface area (Å²) in [5, 5.41) is 5.58. The highest BCUT2D eigenvalue weighted by Gasteiger charge is 2.22. The Bertz CT molecular complexity index is 570. The van der Waals surface area contributed by atoms with Crippen molar-refractivity contribution in [1.82, 2.24) is 10.2 Å². The van der Waals surface area contributed by atoms with Crippen LogP contribution in [0.1, 0.15) is 10.4 Å². The second-order valence-electron chi connectivity index (χ2n) is 5.23. The number of benzene rings is 1. The van der Waals surface area contributed by atoms with Crippen LogP contribution in [0.2, 0.25) is 0 Å². The van der Waals surface area contributed by atoms with E-state index < -0.39 is 0 Å². The summed E-state index contributed by atoms with van der Waals surface area (Å²) in [4.78, 5) is 26.0. The summed E-state index contributed by atoms with van der Waals surface area (Å²) in [5.74, 6) is 0.0670. The Morgan fingerprint density at radius 3 is 2.95 bits per heavy atom. The Morgan fingerprint density at radius 1 is 1.32 bits per heavy atom. The summed E-state index contributed by atoms with van der Waals surface area (Å²) in [6.45, 7) is 4.58. The van der Waals surface area contributed by atoms with E-state index in [1.807, 2.05) is 0 Å². The van der Waals surface area contributed by atoms with E-state index in [1.54, 1.807) is 18.2 Å². The van der Waals surface area contributed by atoms with Crippen molar-refractivity contribution < 1.29 is 19.1 Å². The Labute approximate surface area is 128 Å². The Hall–Kier alpha value is -2.12. The largest absolute Gasteiger partial charge is 0.482 e. The molecule has 0 bridgehead atoms. The minimum Gasteiger partial charge on any atom is -0.482 e. The van der Waals surface area contributed by atoms with Gasteiger partial charge < -0.3 is 20.1 Å². The van der Waals surface area contributed by atoms with Gasteiger partial charge in [-0.25, -0.2) is 0 Å². The second kappa shape index (κ2) is 6.76. The summed E-state index contributed by atoms with van der Waals surface area (Å²) in [7, 11) is 0. The minimum atomic E-state index is -0.249. The topological polar surface area (TPSA) is 79.9 Å². The Morgan fingerprint density at radius 2 is 2.14 bits per heavy atom. The first-order valence-corrected chi connectivity index (χ1v) is 7.38. The standard InChI is InChI=1S/C15H19N3O4/c19-13-10-22-12-3-1-2-11(14(12)17-13)15(20)16-4-5-18-6-8-21-9-7-18/h1-3H,4-10H2,(H,16,20)(H,17,19). The first-order chi connectivity index (χ1) is 10.7. The molecule has 0 atom stereocenters. The van der Waals surface area contributed by atoms with Crippen molar-refractivity contribution >= 4 is 17.5 Å². The number of carbonyl (C=O) groups is 2. The van der Waals surface area contributed by atoms with Gasteiger partial charge in [-0.3, -0.25) is 14.5 Å². The number of nitrogens with zero attached hydrogens (tertiary/aromatic N) is 1. The van der Waals surface area contributed by atoms with Crippen LogP contribution in [0.15, 0.2) is 18.2 Å². The van der Waals surface area contributed by atoms with Gasteiger partial charge in [0.05, 0.1) is 24.5 Å². The van der Waals surface area contributed by atoms with Gasteiger partial charge >= 0.3 is 0 Å². The van der Waals surface area contributed by atoms with E-state index in [-0.39, 0.29) is 18.4 Å². The van der Waals surface area contributed by atoms with Crippen LogP contribution < -0.4 is 15.4 Å². The van der Waals surface area contributed by atoms with Crippen LogP contribution in [0.4, 0.5) is 5.69 Å². The SMILES string of the molecule is O=C1COc2cccc(C(=O)NCCN3CCOCC3)c2N1. The molecule has 2 aliphatic rings. The van der Waals surface area contributed by atoms with Crippen LogP contribution in [0, 0.1) is 0 Å². The van der Waals surface area contributed by atoms with Crippen LogP contribution in [0.25, 0.3) is 0 Å². The minimum absolute atomic E-state index is 0.0187. The molecule has 0 unspecified atom stereocenters. The first kappa shape index (κ1) is 14.8. The zero-order chi connectivity index (χ0) is 15.4. The lowest BCUT2D eigenvalue weighted by atomic mass is 10.1. The number of ether oxygens (including phenoxy) is 2. The van der Waals surface area contributed by atoms with Crippen molar-refractivity contribution in [3.63, 3.8) is 0 Å². The summed E-state index contributed by atoms with van der Waals surface area (Å²) in [5.41, 5.74) is 0.871. The highest BCUT2D eigenvalue weighted by Crippen LogP contribution is 2.30. The van der Waals surface area contributed by atoms with Crippen LogP contribution in [-0.2, 0) is 9.53 Å². The fourth-order valence-electron chi connectivity index (χ4n) is 2.54. The summed E-state index contributed by atoms with van der Waals surface area (Å²) < 4.78 is 10.6. The molecule has 1 aromatic carbocycles. The molecule has 2 amide bonds. The van der Waals surface area contributed by atoms with Crippen LogP contribution >= 0.6 is 0 Å². The van der Waals surface area contributed by atoms with Crippen LogP contribution in [0.5, 0.6) is 5.75 Å². The molecule has 1 aromatic rings. The molecular weight excluding hydrogens is 286 g/mol. The molecule has 118 valence electrons. The number of hydrogen-bond acceptors (Lipinski definition) is 5. The maximum atomic E-state index is 12.3. The van der Waals surface area contributed by atoms with Gasteiger partial charge in [0.15, 0.2) is 6.61 Å². The molecular formula is C15H19N3O4. The number of amides is 2. The second-order valence-corrected chi connectivity index (χ2v) is 5.23. The number of hydrogen-bond donors (Lipinski definition) is 2. The van der Waals surface area contributed by atoms with Gasteiger partial charge in [-0.2, -0.15) is 0 Å². The number of anilines is 1. The fraction of sp³-hybridized carbons (Fsp3) is 0.467. The molecule has 0 spiro atoms. The molecule has 0 radical (unpaired) electrons. The molecule has 2 aliphatic heterocycles. The van der Waals surface area contributed by atoms with Crippen molar-refractivity contribution in [2.24, 2.45) is 0 Å². The summed E-state index contributed by atoms with van der Waals surface area (Å²) in [6.07, 6.45) is 0. The van der Waals surface area contributed by atoms with E-state index in [9.17, 15) is 9.59 Å². The van der Waals surface area contributed by atoms with Gasteiger partial charge in [0.1, 0.15) is 5.75 Å². The first-order valence-electron chi connectivity index (χ1n) is 7.38. The molecule has 22 heavy (non-hydrogen) atoms. The van der Waals surface area contributed by atoms with E-state index in [4.69, 9.17) is 9.47 Å². The quantitative estimate of drug-likeness (QED) is 0.823. The number of nitrogens with one attached hydrogen (secondary N) is 2. The summed E-state index contributed by atoms with van der Waals surface area (Å²) >= 11 is 0. The monoisotopic (exact) mass is 305 g/mol.